The highest BCUT2D eigenvalue weighted by molar-refractivity contribution is 8.00. The van der Waals surface area contributed by atoms with E-state index in [9.17, 15) is 53.4 Å². The first kappa shape index (κ1) is 62.7. The largest absolute Gasteiger partial charge is 0.481 e. The number of nitrogens with zero attached hydrogens (tertiary/aromatic N) is 2. The lowest BCUT2D eigenvalue weighted by Gasteiger charge is -2.41. The second-order valence-electron chi connectivity index (χ2n) is 22.1. The number of hydrogen-bond acceptors (Lipinski definition) is 14. The van der Waals surface area contributed by atoms with Gasteiger partial charge in [-0.2, -0.15) is 0 Å². The number of aliphatic hydroxyl groups is 1. The van der Waals surface area contributed by atoms with Crippen molar-refractivity contribution in [3.8, 4) is 0 Å². The maximum Gasteiger partial charge on any atom is 0.409 e. The van der Waals surface area contributed by atoms with E-state index in [2.05, 4.69) is 21.3 Å². The minimum Gasteiger partial charge on any atom is -0.481 e. The summed E-state index contributed by atoms with van der Waals surface area (Å²) in [7, 11) is 3.00. The van der Waals surface area contributed by atoms with Gasteiger partial charge in [-0.05, 0) is 109 Å². The summed E-state index contributed by atoms with van der Waals surface area (Å²) in [5, 5.41) is 31.9. The molecule has 6 N–H and O–H groups in total. The van der Waals surface area contributed by atoms with Crippen LogP contribution in [-0.2, 0) is 59.0 Å². The molecule has 4 bridgehead atoms. The zero-order chi connectivity index (χ0) is 59.2. The number of alkyl carbamates (subject to hydrolysis) is 1. The molecule has 3 aliphatic heterocycles. The Hall–Kier alpha value is -5.51. The van der Waals surface area contributed by atoms with Crippen LogP contribution in [0.25, 0.3) is 0 Å². The third-order valence-corrected chi connectivity index (χ3v) is 17.7. The number of unbranched alkanes of at least 4 members (excludes halogenated alkanes) is 1. The number of amides is 6. The monoisotopic (exact) mass is 1140 g/mol. The van der Waals surface area contributed by atoms with Gasteiger partial charge < -0.3 is 50.2 Å². The number of aryl methyl sites for hydroxylation is 1. The summed E-state index contributed by atoms with van der Waals surface area (Å²) in [6.07, 6.45) is 5.76. The van der Waals surface area contributed by atoms with Crippen molar-refractivity contribution in [2.45, 2.75) is 186 Å². The van der Waals surface area contributed by atoms with Gasteiger partial charge in [0.15, 0.2) is 5.78 Å². The second kappa shape index (κ2) is 28.8. The number of carbonyl (C=O) groups excluding carboxylic acids is 8. The molecular weight excluding hydrogens is 1060 g/mol. The van der Waals surface area contributed by atoms with Crippen molar-refractivity contribution in [3.05, 3.63) is 52.1 Å². The fourth-order valence-corrected chi connectivity index (χ4v) is 11.8. The van der Waals surface area contributed by atoms with Crippen molar-refractivity contribution < 1.29 is 68.9 Å². The van der Waals surface area contributed by atoms with Crippen molar-refractivity contribution in [2.24, 2.45) is 23.7 Å². The number of nitrogens with one attached hydrogen (secondary N) is 4. The molecule has 22 heteroatoms. The summed E-state index contributed by atoms with van der Waals surface area (Å²) >= 11 is 7.84. The van der Waals surface area contributed by atoms with E-state index in [0.717, 1.165) is 28.5 Å². The van der Waals surface area contributed by atoms with Crippen LogP contribution in [0.5, 0.6) is 0 Å². The number of benzene rings is 1. The number of likely N-dealkylation sites (N-methyl/N-ethyl adjacent to an activating group) is 1. The lowest BCUT2D eigenvalue weighted by atomic mass is 9.81. The Morgan fingerprint density at radius 2 is 1.78 bits per heavy atom. The SMILES string of the molecule is [3H]CCC(=O)NC(CCCCNC(=O)C1CCC(CNC(=O)C(CC(=O)O)SCCC(=O)N(C)[C@@H](C)C(=O)O[C@H]2CC(=O)N(C)c3cc(cc(C)c3Cl)C/C(C)=C/C=C/[C@@H](C)[C@@]3(O)CC(OC(=O)N3)[C@@H](C)[C@@H]3O[C@@]23C)CC1)C(C)=O. The predicted molar refractivity (Wildman–Crippen MR) is 299 cm³/mol. The Labute approximate surface area is 475 Å². The molecule has 6 amide bonds. The van der Waals surface area contributed by atoms with Crippen LogP contribution in [0.2, 0.25) is 5.02 Å². The van der Waals surface area contributed by atoms with Crippen LogP contribution in [0, 0.1) is 30.6 Å². The average Bonchev–Trinajstić information content (AvgIpc) is 4.29. The number of fused-ring (bicyclic) bond motifs is 5. The molecule has 10 atom stereocenters. The number of allylic oxidation sites excluding steroid dienone is 3. The van der Waals surface area contributed by atoms with E-state index in [1.54, 1.807) is 33.9 Å². The molecule has 0 radical (unpaired) electrons. The minimum atomic E-state index is -1.67. The molecule has 1 aromatic rings. The van der Waals surface area contributed by atoms with Gasteiger partial charge in [0.2, 0.25) is 29.5 Å². The van der Waals surface area contributed by atoms with E-state index in [1.807, 2.05) is 38.1 Å². The normalized spacial score (nSPS) is 28.5. The van der Waals surface area contributed by atoms with Crippen LogP contribution in [0.15, 0.2) is 35.9 Å². The summed E-state index contributed by atoms with van der Waals surface area (Å²) in [4.78, 5) is 120. The molecule has 3 heterocycles. The third-order valence-electron chi connectivity index (χ3n) is 16.0. The third kappa shape index (κ3) is 17.7. The minimum absolute atomic E-state index is 0.00478. The Bertz CT molecular complexity index is 2510. The molecule has 438 valence electrons. The Morgan fingerprint density at radius 3 is 2.46 bits per heavy atom. The van der Waals surface area contributed by atoms with Crippen LogP contribution in [-0.4, -0.2) is 148 Å². The van der Waals surface area contributed by atoms with Gasteiger partial charge in [0.05, 0.1) is 40.9 Å². The van der Waals surface area contributed by atoms with Crippen LogP contribution in [0.4, 0.5) is 10.5 Å². The van der Waals surface area contributed by atoms with Gasteiger partial charge in [0.1, 0.15) is 29.6 Å². The van der Waals surface area contributed by atoms with Gasteiger partial charge in [-0.3, -0.25) is 38.9 Å². The number of hydrogen-bond donors (Lipinski definition) is 6. The van der Waals surface area contributed by atoms with Gasteiger partial charge >= 0.3 is 18.0 Å². The number of carboxylic acid groups (broad SMARTS) is 1. The second-order valence-corrected chi connectivity index (χ2v) is 23.8. The Balaban J connectivity index is 1.16. The summed E-state index contributed by atoms with van der Waals surface area (Å²) in [5.74, 6) is -5.19. The lowest BCUT2D eigenvalue weighted by Crippen LogP contribution is -2.60. The molecule has 0 aromatic heterocycles. The van der Waals surface area contributed by atoms with Crippen LogP contribution in [0.1, 0.15) is 138 Å². The van der Waals surface area contributed by atoms with Crippen LogP contribution < -0.4 is 26.2 Å². The number of esters is 1. The fourth-order valence-electron chi connectivity index (χ4n) is 10.5. The predicted octanol–water partition coefficient (Wildman–Crippen LogP) is 6.09. The zero-order valence-electron chi connectivity index (χ0n) is 48.2. The number of ether oxygens (including phenoxy) is 3. The highest BCUT2D eigenvalue weighted by Gasteiger charge is 2.64. The van der Waals surface area contributed by atoms with E-state index in [1.165, 1.54) is 30.7 Å². The molecule has 0 spiro atoms. The summed E-state index contributed by atoms with van der Waals surface area (Å²) < 4.78 is 25.4. The van der Waals surface area contributed by atoms with E-state index in [-0.39, 0.29) is 74.3 Å². The summed E-state index contributed by atoms with van der Waals surface area (Å²) in [5.41, 5.74) is 0.0919. The lowest BCUT2D eigenvalue weighted by molar-refractivity contribution is -0.162. The number of epoxide rings is 1. The molecule has 3 fully saturated rings. The highest BCUT2D eigenvalue weighted by Crippen LogP contribution is 2.49. The first-order valence-corrected chi connectivity index (χ1v) is 28.8. The van der Waals surface area contributed by atoms with Crippen molar-refractivity contribution in [3.63, 3.8) is 0 Å². The topological polar surface area (TPSA) is 280 Å². The summed E-state index contributed by atoms with van der Waals surface area (Å²) in [6.45, 7) is 12.6. The van der Waals surface area contributed by atoms with E-state index in [0.29, 0.717) is 68.6 Å². The molecule has 1 aromatic carbocycles. The molecule has 1 saturated carbocycles. The number of Topliss-reactive ketones (excluding diaryl/α,β-unsaturated/α-hetero) is 1. The standard InChI is InChI=1S/C57H83ClN6O14S/c1-11-46(66)61-41(37(7)65)17-12-13-23-59-52(71)40-20-18-38(19-21-40)31-60-53(72)44(28-49(69)70)79-24-22-47(67)63(9)36(6)54(73)77-45-29-48(68)64(10)42-27-39(26-33(3)50(42)58)25-32(2)15-14-16-34(4)57(75)30-43(76-55(74)62-57)35(5)51-56(45,8)78-51/h14-16,26-27,34-36,38,40-41,43-45,51,75H,11-13,17-25,28-31H2,1-10H3,(H,59,71)(H,60,72)(H,61,66)(H,62,74)(H,69,70)/b16-14+,32-15+/t34-,35-,36+,38?,40?,41?,43?,44?,45+,51+,56+,57+/m1/s1/i1T. The Morgan fingerprint density at radius 1 is 1.08 bits per heavy atom. The molecule has 3 unspecified atom stereocenters. The number of ketones is 1. The fraction of sp³-hybridized carbons (Fsp3) is 0.667. The number of aliphatic carboxylic acids is 1. The molecule has 20 nitrogen and oxygen atoms in total. The number of rotatable bonds is 21. The van der Waals surface area contributed by atoms with Gasteiger partial charge in [-0.15, -0.1) is 11.8 Å². The Kier molecular flexibility index (Phi) is 22.8. The highest BCUT2D eigenvalue weighted by atomic mass is 35.5. The maximum atomic E-state index is 14.3. The maximum absolute atomic E-state index is 14.3. The zero-order valence-corrected chi connectivity index (χ0v) is 48.7. The number of anilines is 1. The summed E-state index contributed by atoms with van der Waals surface area (Å²) in [6, 6.07) is 1.98. The van der Waals surface area contributed by atoms with E-state index >= 15 is 0 Å². The quantitative estimate of drug-likeness (QED) is 0.0461. The van der Waals surface area contributed by atoms with Crippen molar-refractivity contribution in [2.75, 3.05) is 37.8 Å². The molecule has 79 heavy (non-hydrogen) atoms. The van der Waals surface area contributed by atoms with Crippen molar-refractivity contribution in [1.82, 2.24) is 26.2 Å². The van der Waals surface area contributed by atoms with E-state index < -0.39 is 101 Å². The first-order chi connectivity index (χ1) is 37.7. The average molecular weight is 1150 g/mol. The number of carboxylic acids is 1. The number of halogens is 1. The van der Waals surface area contributed by atoms with Crippen molar-refractivity contribution >= 4 is 82.4 Å². The number of carbonyl (C=O) groups is 9. The first-order valence-electron chi connectivity index (χ1n) is 28.1. The van der Waals surface area contributed by atoms with E-state index in [4.69, 9.17) is 27.2 Å². The van der Waals surface area contributed by atoms with Gasteiger partial charge in [-0.25, -0.2) is 9.59 Å². The van der Waals surface area contributed by atoms with Gasteiger partial charge in [-0.1, -0.05) is 62.2 Å². The molecular formula is C57H83ClN6O14S. The molecule has 5 rings (SSSR count). The van der Waals surface area contributed by atoms with Crippen LogP contribution in [0.3, 0.4) is 0 Å². The smallest absolute Gasteiger partial charge is 0.409 e. The molecule has 1 aliphatic carbocycles. The van der Waals surface area contributed by atoms with Gasteiger partial charge in [0, 0.05) is 71.3 Å². The van der Waals surface area contributed by atoms with Crippen molar-refractivity contribution in [1.29, 1.82) is 0 Å². The number of thioether (sulfide) groups is 1. The van der Waals surface area contributed by atoms with Gasteiger partial charge in [0.25, 0.3) is 0 Å². The van der Waals surface area contributed by atoms with Crippen LogP contribution >= 0.6 is 23.4 Å². The molecule has 2 saturated heterocycles. The molecule has 4 aliphatic rings.